The molecule has 1 fully saturated rings. The van der Waals surface area contributed by atoms with E-state index in [-0.39, 0.29) is 0 Å². The van der Waals surface area contributed by atoms with Crippen LogP contribution in [0.2, 0.25) is 0 Å². The third-order valence-electron chi connectivity index (χ3n) is 2.13. The molecule has 0 aromatic rings. The molecule has 1 unspecified atom stereocenters. The van der Waals surface area contributed by atoms with Crippen molar-refractivity contribution in [3.8, 4) is 0 Å². The molecule has 0 aliphatic carbocycles. The molecule has 0 spiro atoms. The maximum atomic E-state index is 7.03. The number of morpholine rings is 1. The first-order valence-electron chi connectivity index (χ1n) is 4.31. The highest BCUT2D eigenvalue weighted by molar-refractivity contribution is 4.70. The van der Waals surface area contributed by atoms with E-state index < -0.39 is 0 Å². The van der Waals surface area contributed by atoms with Crippen molar-refractivity contribution in [2.75, 3.05) is 32.8 Å². The standard InChI is InChI=1S/C8H17N2O/c1-8-7-11-6-5-10(8)4-2-3-9/h8-9H,2-7H2,1H3. The van der Waals surface area contributed by atoms with Crippen molar-refractivity contribution < 1.29 is 4.74 Å². The molecule has 1 aliphatic heterocycles. The molecule has 1 heterocycles. The molecule has 1 atom stereocenters. The van der Waals surface area contributed by atoms with Gasteiger partial charge in [-0.1, -0.05) is 0 Å². The zero-order valence-corrected chi connectivity index (χ0v) is 7.18. The summed E-state index contributed by atoms with van der Waals surface area (Å²) in [5.74, 6) is 0. The van der Waals surface area contributed by atoms with Gasteiger partial charge in [0.25, 0.3) is 0 Å². The molecule has 0 aromatic heterocycles. The smallest absolute Gasteiger partial charge is 0.0619 e. The minimum absolute atomic E-state index is 0.546. The van der Waals surface area contributed by atoms with Gasteiger partial charge in [0.1, 0.15) is 0 Å². The average molecular weight is 157 g/mol. The van der Waals surface area contributed by atoms with Crippen LogP contribution in [0.15, 0.2) is 0 Å². The van der Waals surface area contributed by atoms with Gasteiger partial charge in [-0.2, -0.15) is 0 Å². The Balaban J connectivity index is 2.18. The first-order chi connectivity index (χ1) is 5.34. The number of hydrogen-bond acceptors (Lipinski definition) is 2. The molecule has 1 aliphatic rings. The van der Waals surface area contributed by atoms with Crippen molar-refractivity contribution >= 4 is 0 Å². The second kappa shape index (κ2) is 4.70. The van der Waals surface area contributed by atoms with Crippen molar-refractivity contribution in [1.82, 2.24) is 10.6 Å². The Hall–Kier alpha value is -0.120. The second-order valence-corrected chi connectivity index (χ2v) is 3.06. The highest BCUT2D eigenvalue weighted by atomic mass is 16.5. The van der Waals surface area contributed by atoms with Crippen LogP contribution in [0, 0.1) is 0 Å². The first-order valence-corrected chi connectivity index (χ1v) is 4.31. The molecule has 3 nitrogen and oxygen atoms in total. The van der Waals surface area contributed by atoms with Crippen molar-refractivity contribution in [2.45, 2.75) is 19.4 Å². The summed E-state index contributed by atoms with van der Waals surface area (Å²) in [6.07, 6.45) is 0.990. The second-order valence-electron chi connectivity index (χ2n) is 3.06. The maximum Gasteiger partial charge on any atom is 0.0619 e. The van der Waals surface area contributed by atoms with Crippen LogP contribution in [0.4, 0.5) is 0 Å². The Labute approximate surface area is 68.5 Å². The summed E-state index contributed by atoms with van der Waals surface area (Å²) in [6, 6.07) is 0.551. The van der Waals surface area contributed by atoms with Crippen LogP contribution in [0.5, 0.6) is 0 Å². The zero-order valence-electron chi connectivity index (χ0n) is 7.18. The summed E-state index contributed by atoms with van der Waals surface area (Å²) < 4.78 is 5.30. The van der Waals surface area contributed by atoms with Crippen LogP contribution in [0.3, 0.4) is 0 Å². The summed E-state index contributed by atoms with van der Waals surface area (Å²) in [4.78, 5) is 2.40. The third-order valence-corrected chi connectivity index (χ3v) is 2.13. The van der Waals surface area contributed by atoms with E-state index in [4.69, 9.17) is 10.5 Å². The molecule has 1 N–H and O–H groups in total. The van der Waals surface area contributed by atoms with E-state index in [2.05, 4.69) is 11.8 Å². The van der Waals surface area contributed by atoms with E-state index in [1.807, 2.05) is 0 Å². The quantitative estimate of drug-likeness (QED) is 0.594. The molecule has 1 rings (SSSR count). The van der Waals surface area contributed by atoms with Crippen LogP contribution in [0.25, 0.3) is 0 Å². The predicted octanol–water partition coefficient (Wildman–Crippen LogP) is 0.380. The van der Waals surface area contributed by atoms with Gasteiger partial charge in [0.15, 0.2) is 0 Å². The van der Waals surface area contributed by atoms with E-state index in [0.29, 0.717) is 12.6 Å². The summed E-state index contributed by atoms with van der Waals surface area (Å²) in [5.41, 5.74) is 7.03. The molecule has 65 valence electrons. The summed E-state index contributed by atoms with van der Waals surface area (Å²) >= 11 is 0. The Kier molecular flexibility index (Phi) is 3.83. The van der Waals surface area contributed by atoms with Crippen LogP contribution in [-0.4, -0.2) is 43.8 Å². The maximum absolute atomic E-state index is 7.03. The van der Waals surface area contributed by atoms with E-state index in [1.54, 1.807) is 0 Å². The lowest BCUT2D eigenvalue weighted by Gasteiger charge is -2.32. The van der Waals surface area contributed by atoms with E-state index >= 15 is 0 Å². The van der Waals surface area contributed by atoms with Crippen molar-refractivity contribution in [2.24, 2.45) is 0 Å². The van der Waals surface area contributed by atoms with Crippen LogP contribution < -0.4 is 5.73 Å². The number of hydrogen-bond donors (Lipinski definition) is 0. The van der Waals surface area contributed by atoms with Crippen molar-refractivity contribution in [1.29, 1.82) is 0 Å². The summed E-state index contributed by atoms with van der Waals surface area (Å²) in [5, 5.41) is 0. The van der Waals surface area contributed by atoms with Gasteiger partial charge in [-0.3, -0.25) is 10.6 Å². The van der Waals surface area contributed by atoms with E-state index in [1.165, 1.54) is 0 Å². The summed E-state index contributed by atoms with van der Waals surface area (Å²) in [6.45, 7) is 6.56. The molecule has 0 aromatic carbocycles. The number of nitrogens with one attached hydrogen (secondary N) is 1. The van der Waals surface area contributed by atoms with E-state index in [9.17, 15) is 0 Å². The van der Waals surface area contributed by atoms with Crippen LogP contribution in [0.1, 0.15) is 13.3 Å². The van der Waals surface area contributed by atoms with Crippen LogP contribution >= 0.6 is 0 Å². The average Bonchev–Trinajstić information content (AvgIpc) is 2.03. The highest BCUT2D eigenvalue weighted by Crippen LogP contribution is 2.05. The van der Waals surface area contributed by atoms with Crippen LogP contribution in [-0.2, 0) is 4.74 Å². The topological polar surface area (TPSA) is 36.3 Å². The van der Waals surface area contributed by atoms with Gasteiger partial charge in [-0.15, -0.1) is 0 Å². The fourth-order valence-electron chi connectivity index (χ4n) is 1.38. The molecule has 11 heavy (non-hydrogen) atoms. The summed E-state index contributed by atoms with van der Waals surface area (Å²) in [7, 11) is 0. The molecule has 0 amide bonds. The monoisotopic (exact) mass is 157 g/mol. The number of rotatable bonds is 3. The minimum Gasteiger partial charge on any atom is -0.379 e. The van der Waals surface area contributed by atoms with Crippen molar-refractivity contribution in [3.05, 3.63) is 0 Å². The SMILES string of the molecule is CC1COCCN1CCC[NH]. The fourth-order valence-corrected chi connectivity index (χ4v) is 1.38. The van der Waals surface area contributed by atoms with Crippen molar-refractivity contribution in [3.63, 3.8) is 0 Å². The lowest BCUT2D eigenvalue weighted by atomic mass is 10.2. The first kappa shape index (κ1) is 8.97. The van der Waals surface area contributed by atoms with Gasteiger partial charge in [-0.05, 0) is 19.9 Å². The Morgan fingerprint density at radius 3 is 3.09 bits per heavy atom. The molecule has 0 bridgehead atoms. The molecular weight excluding hydrogens is 140 g/mol. The normalized spacial score (nSPS) is 27.3. The largest absolute Gasteiger partial charge is 0.379 e. The minimum atomic E-state index is 0.546. The van der Waals surface area contributed by atoms with Gasteiger partial charge in [0, 0.05) is 19.1 Å². The molecular formula is C8H17N2O. The zero-order chi connectivity index (χ0) is 8.10. The molecule has 0 saturated carbocycles. The van der Waals surface area contributed by atoms with Gasteiger partial charge in [-0.25, -0.2) is 0 Å². The lowest BCUT2D eigenvalue weighted by molar-refractivity contribution is -0.000400. The third kappa shape index (κ3) is 2.77. The van der Waals surface area contributed by atoms with Gasteiger partial charge in [0.05, 0.1) is 13.2 Å². The van der Waals surface area contributed by atoms with Gasteiger partial charge in [0.2, 0.25) is 0 Å². The lowest BCUT2D eigenvalue weighted by Crippen LogP contribution is -2.44. The van der Waals surface area contributed by atoms with E-state index in [0.717, 1.165) is 32.7 Å². The number of nitrogens with zero attached hydrogens (tertiary/aromatic N) is 1. The predicted molar refractivity (Wildman–Crippen MR) is 44.4 cm³/mol. The van der Waals surface area contributed by atoms with Gasteiger partial charge >= 0.3 is 0 Å². The molecule has 1 radical (unpaired) electrons. The molecule has 1 saturated heterocycles. The Bertz CT molecular complexity index is 108. The molecule has 3 heteroatoms. The Morgan fingerprint density at radius 1 is 1.64 bits per heavy atom. The Morgan fingerprint density at radius 2 is 2.45 bits per heavy atom. The number of ether oxygens (including phenoxy) is 1. The fraction of sp³-hybridized carbons (Fsp3) is 1.00. The highest BCUT2D eigenvalue weighted by Gasteiger charge is 2.17. The van der Waals surface area contributed by atoms with Gasteiger partial charge < -0.3 is 4.74 Å².